The molecule has 1 aromatic rings. The zero-order valence-corrected chi connectivity index (χ0v) is 9.74. The van der Waals surface area contributed by atoms with Gasteiger partial charge in [-0.3, -0.25) is 9.59 Å². The largest absolute Gasteiger partial charge is 0.507 e. The van der Waals surface area contributed by atoms with Crippen LogP contribution in [0.4, 0.5) is 0 Å². The van der Waals surface area contributed by atoms with Crippen molar-refractivity contribution in [3.63, 3.8) is 0 Å². The van der Waals surface area contributed by atoms with Gasteiger partial charge in [-0.1, -0.05) is 12.1 Å². The van der Waals surface area contributed by atoms with Crippen molar-refractivity contribution in [2.45, 2.75) is 18.6 Å². The van der Waals surface area contributed by atoms with E-state index in [0.29, 0.717) is 6.29 Å². The molecule has 0 heterocycles. The third-order valence-electron chi connectivity index (χ3n) is 2.52. The number of hydrogen-bond donors (Lipinski definition) is 3. The second kappa shape index (κ2) is 6.13. The van der Waals surface area contributed by atoms with Gasteiger partial charge in [-0.05, 0) is 11.6 Å². The second-order valence-electron chi connectivity index (χ2n) is 3.69. The number of hydrogen-bond acceptors (Lipinski definition) is 6. The molecule has 0 saturated heterocycles. The molecule has 0 spiro atoms. The van der Waals surface area contributed by atoms with Crippen molar-refractivity contribution < 1.29 is 29.6 Å². The molecule has 1 rings (SSSR count). The highest BCUT2D eigenvalue weighted by Crippen LogP contribution is 2.27. The summed E-state index contributed by atoms with van der Waals surface area (Å²) in [6.45, 7) is 0. The lowest BCUT2D eigenvalue weighted by atomic mass is 9.97. The summed E-state index contributed by atoms with van der Waals surface area (Å²) in [5.41, 5.74) is -0.0599. The Balaban J connectivity index is 2.96. The minimum atomic E-state index is -1.46. The average molecular weight is 254 g/mol. The van der Waals surface area contributed by atoms with Gasteiger partial charge in [0.1, 0.15) is 11.9 Å². The topological polar surface area (TPSA) is 104 Å². The fraction of sp³-hybridized carbons (Fsp3) is 0.333. The lowest BCUT2D eigenvalue weighted by molar-refractivity contribution is -0.144. The number of aliphatic hydroxyl groups is 2. The molecule has 0 aliphatic rings. The number of carbonyl (C=O) groups excluding carboxylic acids is 2. The van der Waals surface area contributed by atoms with E-state index in [1.165, 1.54) is 18.2 Å². The molecule has 2 unspecified atom stereocenters. The Labute approximate surface area is 103 Å². The molecule has 6 nitrogen and oxygen atoms in total. The molecule has 1 aromatic carbocycles. The SMILES string of the molecule is COC(=O)CC(O)C(O)c1cccc(O)c1C=O. The number of rotatable bonds is 5. The zero-order chi connectivity index (χ0) is 13.7. The van der Waals surface area contributed by atoms with E-state index < -0.39 is 24.6 Å². The first-order valence-electron chi connectivity index (χ1n) is 5.21. The minimum Gasteiger partial charge on any atom is -0.507 e. The lowest BCUT2D eigenvalue weighted by Crippen LogP contribution is -2.23. The molecule has 0 bridgehead atoms. The fourth-order valence-corrected chi connectivity index (χ4v) is 1.53. The number of phenols is 1. The van der Waals surface area contributed by atoms with Crippen LogP contribution in [0, 0.1) is 0 Å². The van der Waals surface area contributed by atoms with E-state index >= 15 is 0 Å². The number of phenolic OH excluding ortho intramolecular Hbond substituents is 1. The number of ether oxygens (including phenoxy) is 1. The third kappa shape index (κ3) is 3.06. The molecule has 0 aromatic heterocycles. The van der Waals surface area contributed by atoms with E-state index in [-0.39, 0.29) is 16.9 Å². The van der Waals surface area contributed by atoms with Crippen molar-refractivity contribution in [2.24, 2.45) is 0 Å². The van der Waals surface area contributed by atoms with Gasteiger partial charge in [0.25, 0.3) is 0 Å². The predicted octanol–water partition coefficient (Wildman–Crippen LogP) is 0.162. The van der Waals surface area contributed by atoms with Crippen LogP contribution in [0.3, 0.4) is 0 Å². The monoisotopic (exact) mass is 254 g/mol. The molecule has 0 fully saturated rings. The number of esters is 1. The number of aldehydes is 1. The van der Waals surface area contributed by atoms with Crippen molar-refractivity contribution in [2.75, 3.05) is 7.11 Å². The summed E-state index contributed by atoms with van der Waals surface area (Å²) in [4.78, 5) is 21.8. The first-order valence-corrected chi connectivity index (χ1v) is 5.21. The van der Waals surface area contributed by atoms with E-state index in [2.05, 4.69) is 4.74 Å². The van der Waals surface area contributed by atoms with Crippen LogP contribution in [0.15, 0.2) is 18.2 Å². The molecule has 0 aliphatic carbocycles. The molecule has 2 atom stereocenters. The Morgan fingerprint density at radius 3 is 2.67 bits per heavy atom. The summed E-state index contributed by atoms with van der Waals surface area (Å²) in [7, 11) is 1.16. The molecule has 0 saturated carbocycles. The zero-order valence-electron chi connectivity index (χ0n) is 9.74. The summed E-state index contributed by atoms with van der Waals surface area (Å²) in [5, 5.41) is 28.9. The number of aliphatic hydroxyl groups excluding tert-OH is 2. The number of methoxy groups -OCH3 is 1. The van der Waals surface area contributed by atoms with Crippen molar-refractivity contribution in [3.05, 3.63) is 29.3 Å². The van der Waals surface area contributed by atoms with Crippen molar-refractivity contribution in [3.8, 4) is 5.75 Å². The van der Waals surface area contributed by atoms with E-state index in [9.17, 15) is 24.9 Å². The van der Waals surface area contributed by atoms with Gasteiger partial charge in [0.05, 0.1) is 25.2 Å². The van der Waals surface area contributed by atoms with Gasteiger partial charge in [-0.25, -0.2) is 0 Å². The smallest absolute Gasteiger partial charge is 0.308 e. The Morgan fingerprint density at radius 2 is 2.11 bits per heavy atom. The summed E-state index contributed by atoms with van der Waals surface area (Å²) < 4.78 is 4.36. The molecule has 0 amide bonds. The Kier molecular flexibility index (Phi) is 4.82. The van der Waals surface area contributed by atoms with Crippen LogP contribution in [0.2, 0.25) is 0 Å². The molecule has 18 heavy (non-hydrogen) atoms. The maximum absolute atomic E-state index is 11.0. The number of carbonyl (C=O) groups is 2. The number of aromatic hydroxyl groups is 1. The summed E-state index contributed by atoms with van der Waals surface area (Å²) in [6.07, 6.45) is -2.92. The highest BCUT2D eigenvalue weighted by Gasteiger charge is 2.24. The first-order chi connectivity index (χ1) is 8.51. The molecule has 3 N–H and O–H groups in total. The van der Waals surface area contributed by atoms with Gasteiger partial charge in [0.15, 0.2) is 6.29 Å². The van der Waals surface area contributed by atoms with E-state index in [0.717, 1.165) is 7.11 Å². The Hall–Kier alpha value is -1.92. The third-order valence-corrected chi connectivity index (χ3v) is 2.52. The van der Waals surface area contributed by atoms with Gasteiger partial charge in [-0.15, -0.1) is 0 Å². The summed E-state index contributed by atoms with van der Waals surface area (Å²) in [5.74, 6) is -0.985. The van der Waals surface area contributed by atoms with Crippen LogP contribution in [-0.4, -0.2) is 40.8 Å². The Bertz CT molecular complexity index is 442. The molecule has 0 aliphatic heterocycles. The summed E-state index contributed by atoms with van der Waals surface area (Å²) >= 11 is 0. The van der Waals surface area contributed by atoms with Crippen LogP contribution < -0.4 is 0 Å². The van der Waals surface area contributed by atoms with E-state index in [1.54, 1.807) is 0 Å². The van der Waals surface area contributed by atoms with Crippen LogP contribution in [0.5, 0.6) is 5.75 Å². The Morgan fingerprint density at radius 1 is 1.44 bits per heavy atom. The standard InChI is InChI=1S/C12H14O6/c1-18-11(16)5-10(15)12(17)7-3-2-4-9(14)8(7)6-13/h2-4,6,10,12,14-15,17H,5H2,1H3. The lowest BCUT2D eigenvalue weighted by Gasteiger charge is -2.18. The van der Waals surface area contributed by atoms with Gasteiger partial charge in [0, 0.05) is 0 Å². The van der Waals surface area contributed by atoms with Gasteiger partial charge >= 0.3 is 5.97 Å². The van der Waals surface area contributed by atoms with Gasteiger partial charge < -0.3 is 20.1 Å². The minimum absolute atomic E-state index is 0.0569. The molecule has 6 heteroatoms. The fourth-order valence-electron chi connectivity index (χ4n) is 1.53. The summed E-state index contributed by atoms with van der Waals surface area (Å²) in [6, 6.07) is 4.09. The molecule has 0 radical (unpaired) electrons. The maximum atomic E-state index is 11.0. The van der Waals surface area contributed by atoms with Crippen LogP contribution in [0.25, 0.3) is 0 Å². The van der Waals surface area contributed by atoms with E-state index in [4.69, 9.17) is 0 Å². The number of benzene rings is 1. The van der Waals surface area contributed by atoms with Crippen molar-refractivity contribution >= 4 is 12.3 Å². The maximum Gasteiger partial charge on any atom is 0.308 e. The first kappa shape index (κ1) is 14.1. The van der Waals surface area contributed by atoms with Crippen LogP contribution in [0.1, 0.15) is 28.4 Å². The van der Waals surface area contributed by atoms with E-state index in [1.807, 2.05) is 0 Å². The van der Waals surface area contributed by atoms with Crippen LogP contribution in [-0.2, 0) is 9.53 Å². The van der Waals surface area contributed by atoms with Crippen molar-refractivity contribution in [1.82, 2.24) is 0 Å². The molecular formula is C12H14O6. The van der Waals surface area contributed by atoms with Crippen LogP contribution >= 0.6 is 0 Å². The highest BCUT2D eigenvalue weighted by molar-refractivity contribution is 5.81. The molecule has 98 valence electrons. The quantitative estimate of drug-likeness (QED) is 0.511. The van der Waals surface area contributed by atoms with Gasteiger partial charge in [-0.2, -0.15) is 0 Å². The molecular weight excluding hydrogens is 240 g/mol. The van der Waals surface area contributed by atoms with Gasteiger partial charge in [0.2, 0.25) is 0 Å². The normalized spacial score (nSPS) is 13.7. The second-order valence-corrected chi connectivity index (χ2v) is 3.69. The average Bonchev–Trinajstić information content (AvgIpc) is 2.37. The highest BCUT2D eigenvalue weighted by atomic mass is 16.5. The van der Waals surface area contributed by atoms with Crippen molar-refractivity contribution in [1.29, 1.82) is 0 Å². The predicted molar refractivity (Wildman–Crippen MR) is 61.1 cm³/mol.